The summed E-state index contributed by atoms with van der Waals surface area (Å²) < 4.78 is 12.4. The van der Waals surface area contributed by atoms with Crippen molar-refractivity contribution in [2.75, 3.05) is 23.4 Å². The van der Waals surface area contributed by atoms with Crippen LogP contribution in [-0.2, 0) is 32.7 Å². The van der Waals surface area contributed by atoms with Gasteiger partial charge in [0.2, 0.25) is 0 Å². The molecule has 12 nitrogen and oxygen atoms in total. The maximum Gasteiger partial charge on any atom is 0.313 e. The summed E-state index contributed by atoms with van der Waals surface area (Å²) in [5.41, 5.74) is 9.04. The van der Waals surface area contributed by atoms with Crippen molar-refractivity contribution >= 4 is 46.2 Å². The molecule has 1 amide bonds. The predicted octanol–water partition coefficient (Wildman–Crippen LogP) is 4.82. The number of imidazole rings is 1. The molecule has 4 aromatic rings. The number of hydrogen-bond acceptors (Lipinski definition) is 9. The van der Waals surface area contributed by atoms with Crippen molar-refractivity contribution in [2.24, 2.45) is 23.2 Å². The Bertz CT molecular complexity index is 1710. The van der Waals surface area contributed by atoms with Gasteiger partial charge >= 0.3 is 11.9 Å². The van der Waals surface area contributed by atoms with E-state index in [-0.39, 0.29) is 43.3 Å². The Morgan fingerprint density at radius 3 is 2.43 bits per heavy atom. The van der Waals surface area contributed by atoms with Crippen LogP contribution in [0, 0.1) is 5.41 Å². The van der Waals surface area contributed by atoms with Gasteiger partial charge in [-0.05, 0) is 89.2 Å². The summed E-state index contributed by atoms with van der Waals surface area (Å²) in [6.45, 7) is 9.59. The van der Waals surface area contributed by atoms with E-state index in [1.54, 1.807) is 71.1 Å². The van der Waals surface area contributed by atoms with Crippen LogP contribution in [-0.4, -0.2) is 57.6 Å². The van der Waals surface area contributed by atoms with E-state index < -0.39 is 11.6 Å². The molecule has 0 bridgehead atoms. The molecule has 0 saturated carbocycles. The summed E-state index contributed by atoms with van der Waals surface area (Å²) in [6, 6.07) is 18.1. The Labute approximate surface area is 268 Å². The summed E-state index contributed by atoms with van der Waals surface area (Å²) in [7, 11) is 1.92. The number of hydrogen-bond donors (Lipinski definition) is 2. The van der Waals surface area contributed by atoms with Gasteiger partial charge in [0.05, 0.1) is 36.0 Å². The highest BCUT2D eigenvalue weighted by atomic mass is 16.6. The molecule has 4 rings (SSSR count). The Balaban J connectivity index is 1.45. The number of anilines is 2. The second kappa shape index (κ2) is 14.7. The number of rotatable bonds is 12. The number of carbonyl (C=O) groups excluding carboxylic acids is 3. The highest BCUT2D eigenvalue weighted by Crippen LogP contribution is 2.22. The Hall–Kier alpha value is -5.26. The van der Waals surface area contributed by atoms with Crippen molar-refractivity contribution in [1.82, 2.24) is 14.5 Å². The SMILES string of the molecule is CCOC(=O)CCN(C(=O)c1ccc2c(c1)nc(CNc1ccc(/C(N)=N/C(C)OC(=O)C(C)(C)C)cc1)n2C)c1ccccn1. The van der Waals surface area contributed by atoms with Crippen LogP contribution in [0.15, 0.2) is 71.9 Å². The number of carbonyl (C=O) groups is 3. The van der Waals surface area contributed by atoms with Crippen molar-refractivity contribution in [3.63, 3.8) is 0 Å². The standard InChI is InChI=1S/C34H41N7O5/c1-7-45-30(42)17-19-41(28-10-8-9-18-36-28)32(43)24-13-16-27-26(20-24)39-29(40(27)6)21-37-25-14-11-23(12-15-25)31(35)38-22(2)46-33(44)34(3,4)5/h8-16,18,20,22,37H,7,17,19,21H2,1-6H3,(H2,35,38). The van der Waals surface area contributed by atoms with Gasteiger partial charge in [0.25, 0.3) is 5.91 Å². The van der Waals surface area contributed by atoms with E-state index >= 15 is 0 Å². The molecule has 0 radical (unpaired) electrons. The lowest BCUT2D eigenvalue weighted by atomic mass is 9.97. The monoisotopic (exact) mass is 627 g/mol. The first-order chi connectivity index (χ1) is 21.9. The molecule has 0 saturated heterocycles. The van der Waals surface area contributed by atoms with Crippen molar-refractivity contribution < 1.29 is 23.9 Å². The van der Waals surface area contributed by atoms with Crippen LogP contribution in [0.1, 0.15) is 62.8 Å². The van der Waals surface area contributed by atoms with Crippen LogP contribution in [0.3, 0.4) is 0 Å². The van der Waals surface area contributed by atoms with Crippen LogP contribution in [0.25, 0.3) is 11.0 Å². The molecule has 3 N–H and O–H groups in total. The Morgan fingerprint density at radius 1 is 1.07 bits per heavy atom. The third-order valence-corrected chi connectivity index (χ3v) is 7.08. The number of aromatic nitrogens is 3. The minimum atomic E-state index is -0.708. The normalized spacial score (nSPS) is 12.4. The van der Waals surface area contributed by atoms with Gasteiger partial charge in [-0.2, -0.15) is 0 Å². The van der Waals surface area contributed by atoms with Crippen molar-refractivity contribution in [1.29, 1.82) is 0 Å². The third-order valence-electron chi connectivity index (χ3n) is 7.08. The predicted molar refractivity (Wildman–Crippen MR) is 177 cm³/mol. The number of pyridine rings is 1. The Morgan fingerprint density at radius 2 is 1.78 bits per heavy atom. The topological polar surface area (TPSA) is 154 Å². The summed E-state index contributed by atoms with van der Waals surface area (Å²) in [5.74, 6) is 0.457. The van der Waals surface area contributed by atoms with E-state index in [2.05, 4.69) is 15.3 Å². The number of esters is 2. The van der Waals surface area contributed by atoms with Gasteiger partial charge in [-0.25, -0.2) is 15.0 Å². The second-order valence-electron chi connectivity index (χ2n) is 11.7. The zero-order valence-electron chi connectivity index (χ0n) is 27.1. The maximum absolute atomic E-state index is 13.6. The zero-order valence-corrected chi connectivity index (χ0v) is 27.1. The zero-order chi connectivity index (χ0) is 33.4. The molecule has 0 spiro atoms. The quantitative estimate of drug-likeness (QED) is 0.128. The maximum atomic E-state index is 13.6. The van der Waals surface area contributed by atoms with E-state index in [0.717, 1.165) is 17.0 Å². The second-order valence-corrected chi connectivity index (χ2v) is 11.7. The van der Waals surface area contributed by atoms with Crippen molar-refractivity contribution in [3.8, 4) is 0 Å². The largest absolute Gasteiger partial charge is 0.466 e. The number of nitrogens with zero attached hydrogens (tertiary/aromatic N) is 5. The minimum absolute atomic E-state index is 0.0458. The summed E-state index contributed by atoms with van der Waals surface area (Å²) in [5, 5.41) is 3.37. The lowest BCUT2D eigenvalue weighted by Gasteiger charge is -2.21. The van der Waals surface area contributed by atoms with Crippen LogP contribution in [0.4, 0.5) is 11.5 Å². The summed E-state index contributed by atoms with van der Waals surface area (Å²) >= 11 is 0. The third kappa shape index (κ3) is 8.46. The lowest BCUT2D eigenvalue weighted by Crippen LogP contribution is -2.34. The number of amidine groups is 1. The molecular formula is C34H41N7O5. The number of aliphatic imine (C=N–C) groups is 1. The van der Waals surface area contributed by atoms with Crippen LogP contribution in [0.2, 0.25) is 0 Å². The molecule has 0 aliphatic heterocycles. The van der Waals surface area contributed by atoms with Gasteiger partial charge in [-0.1, -0.05) is 6.07 Å². The molecule has 0 aliphatic rings. The molecule has 0 aliphatic carbocycles. The Kier molecular flexibility index (Phi) is 10.7. The molecule has 0 fully saturated rings. The molecule has 242 valence electrons. The van der Waals surface area contributed by atoms with Crippen molar-refractivity contribution in [3.05, 3.63) is 83.8 Å². The molecule has 2 heterocycles. The smallest absolute Gasteiger partial charge is 0.313 e. The van der Waals surface area contributed by atoms with E-state index in [4.69, 9.17) is 20.2 Å². The number of nitrogens with two attached hydrogens (primary N) is 1. The van der Waals surface area contributed by atoms with Gasteiger partial charge in [0.1, 0.15) is 17.5 Å². The fourth-order valence-electron chi connectivity index (χ4n) is 4.53. The van der Waals surface area contributed by atoms with Crippen LogP contribution >= 0.6 is 0 Å². The first-order valence-electron chi connectivity index (χ1n) is 15.1. The molecule has 2 aromatic carbocycles. The summed E-state index contributed by atoms with van der Waals surface area (Å²) in [4.78, 5) is 52.7. The molecule has 2 aromatic heterocycles. The number of ether oxygens (including phenoxy) is 2. The molecule has 1 atom stereocenters. The fraction of sp³-hybridized carbons (Fsp3) is 0.353. The van der Waals surface area contributed by atoms with E-state index in [9.17, 15) is 14.4 Å². The average molecular weight is 628 g/mol. The first-order valence-corrected chi connectivity index (χ1v) is 15.1. The number of amides is 1. The lowest BCUT2D eigenvalue weighted by molar-refractivity contribution is -0.157. The minimum Gasteiger partial charge on any atom is -0.466 e. The molecule has 1 unspecified atom stereocenters. The number of nitrogens with one attached hydrogen (secondary N) is 1. The first kappa shape index (κ1) is 33.6. The highest BCUT2D eigenvalue weighted by molar-refractivity contribution is 6.07. The van der Waals surface area contributed by atoms with Gasteiger partial charge in [0, 0.05) is 36.6 Å². The molecule has 12 heteroatoms. The van der Waals surface area contributed by atoms with Crippen LogP contribution < -0.4 is 16.0 Å². The van der Waals surface area contributed by atoms with Gasteiger partial charge in [-0.3, -0.25) is 19.3 Å². The fourth-order valence-corrected chi connectivity index (χ4v) is 4.53. The average Bonchev–Trinajstić information content (AvgIpc) is 3.34. The van der Waals surface area contributed by atoms with E-state index in [1.807, 2.05) is 41.9 Å². The summed E-state index contributed by atoms with van der Waals surface area (Å²) in [6.07, 6.45) is 0.940. The van der Waals surface area contributed by atoms with Gasteiger partial charge in [-0.15, -0.1) is 0 Å². The molecular weight excluding hydrogens is 586 g/mol. The van der Waals surface area contributed by atoms with Gasteiger partial charge < -0.3 is 25.1 Å². The highest BCUT2D eigenvalue weighted by Gasteiger charge is 2.25. The number of aryl methyl sites for hydroxylation is 1. The van der Waals surface area contributed by atoms with Crippen LogP contribution in [0.5, 0.6) is 0 Å². The number of benzene rings is 2. The number of fused-ring (bicyclic) bond motifs is 1. The molecule has 46 heavy (non-hydrogen) atoms. The van der Waals surface area contributed by atoms with E-state index in [0.29, 0.717) is 29.0 Å². The van der Waals surface area contributed by atoms with Crippen molar-refractivity contribution in [2.45, 2.75) is 53.8 Å². The van der Waals surface area contributed by atoms with Gasteiger partial charge in [0.15, 0.2) is 6.23 Å². The van der Waals surface area contributed by atoms with E-state index in [1.165, 1.54) is 4.90 Å².